The van der Waals surface area contributed by atoms with Crippen LogP contribution in [0.1, 0.15) is 33.9 Å². The zero-order valence-electron chi connectivity index (χ0n) is 12.6. The number of carbonyl (C=O) groups excluding carboxylic acids is 2. The molecule has 0 unspecified atom stereocenters. The summed E-state index contributed by atoms with van der Waals surface area (Å²) in [6.07, 6.45) is 2.33. The highest BCUT2D eigenvalue weighted by molar-refractivity contribution is 7.10. The Morgan fingerprint density at radius 3 is 3.09 bits per heavy atom. The van der Waals surface area contributed by atoms with Gasteiger partial charge in [0.15, 0.2) is 0 Å². The van der Waals surface area contributed by atoms with Gasteiger partial charge in [0, 0.05) is 22.6 Å². The fourth-order valence-electron chi connectivity index (χ4n) is 2.73. The maximum atomic E-state index is 12.4. The maximum absolute atomic E-state index is 12.4. The lowest BCUT2D eigenvalue weighted by atomic mass is 10.0. The molecule has 1 N–H and O–H groups in total. The summed E-state index contributed by atoms with van der Waals surface area (Å²) in [5.74, 6) is -0.494. The monoisotopic (exact) mass is 349 g/mol. The highest BCUT2D eigenvalue weighted by Gasteiger charge is 2.28. The zero-order valence-corrected chi connectivity index (χ0v) is 14.2. The van der Waals surface area contributed by atoms with Crippen molar-refractivity contribution in [2.45, 2.75) is 19.4 Å². The molecule has 0 spiro atoms. The van der Waals surface area contributed by atoms with Crippen LogP contribution in [0.5, 0.6) is 0 Å². The van der Waals surface area contributed by atoms with Gasteiger partial charge < -0.3 is 10.2 Å². The highest BCUT2D eigenvalue weighted by Crippen LogP contribution is 2.32. The minimum atomic E-state index is -0.401. The number of amides is 2. The highest BCUT2D eigenvalue weighted by atomic mass is 35.5. The number of thiophene rings is 1. The molecule has 1 aliphatic heterocycles. The van der Waals surface area contributed by atoms with Crippen molar-refractivity contribution in [2.24, 2.45) is 0 Å². The summed E-state index contributed by atoms with van der Waals surface area (Å²) in [4.78, 5) is 31.5. The molecule has 3 heterocycles. The number of rotatable bonds is 3. The van der Waals surface area contributed by atoms with Crippen LogP contribution in [-0.4, -0.2) is 34.8 Å². The van der Waals surface area contributed by atoms with Gasteiger partial charge in [0.05, 0.1) is 12.6 Å². The normalized spacial score (nSPS) is 16.8. The molecule has 0 fully saturated rings. The first-order valence-electron chi connectivity index (χ1n) is 7.31. The maximum Gasteiger partial charge on any atom is 0.270 e. The summed E-state index contributed by atoms with van der Waals surface area (Å²) in [6.45, 7) is 2.65. The molecule has 1 atom stereocenters. The van der Waals surface area contributed by atoms with Crippen molar-refractivity contribution in [1.82, 2.24) is 15.2 Å². The first-order chi connectivity index (χ1) is 11.1. The van der Waals surface area contributed by atoms with E-state index in [0.29, 0.717) is 11.6 Å². The van der Waals surface area contributed by atoms with E-state index in [1.807, 2.05) is 6.92 Å². The predicted octanol–water partition coefficient (Wildman–Crippen LogP) is 2.67. The first-order valence-corrected chi connectivity index (χ1v) is 8.57. The molecule has 0 radical (unpaired) electrons. The summed E-state index contributed by atoms with van der Waals surface area (Å²) >= 11 is 7.57. The Kier molecular flexibility index (Phi) is 4.63. The van der Waals surface area contributed by atoms with E-state index in [-0.39, 0.29) is 24.2 Å². The summed E-state index contributed by atoms with van der Waals surface area (Å²) in [7, 11) is 0. The molecule has 0 bridgehead atoms. The van der Waals surface area contributed by atoms with Crippen molar-refractivity contribution in [2.75, 3.05) is 13.1 Å². The molecule has 0 saturated heterocycles. The van der Waals surface area contributed by atoms with E-state index in [2.05, 4.69) is 21.7 Å². The Bertz CT molecular complexity index is 746. The van der Waals surface area contributed by atoms with Gasteiger partial charge in [0.2, 0.25) is 5.91 Å². The quantitative estimate of drug-likeness (QED) is 0.926. The smallest absolute Gasteiger partial charge is 0.270 e. The van der Waals surface area contributed by atoms with Gasteiger partial charge in [-0.05, 0) is 42.5 Å². The fraction of sp³-hybridized carbons (Fsp3) is 0.312. The van der Waals surface area contributed by atoms with Crippen molar-refractivity contribution in [3.05, 3.63) is 50.9 Å². The molecule has 2 aromatic heterocycles. The Labute approximate surface area is 143 Å². The Hall–Kier alpha value is -1.92. The SMILES string of the molecule is C[C@@H]1c2ccsc2CCN1C(=O)CNC(=O)c1cc(Cl)ccn1. The van der Waals surface area contributed by atoms with Crippen LogP contribution >= 0.6 is 22.9 Å². The number of hydrogen-bond acceptors (Lipinski definition) is 4. The van der Waals surface area contributed by atoms with Crippen molar-refractivity contribution in [1.29, 1.82) is 0 Å². The number of nitrogens with one attached hydrogen (secondary N) is 1. The average Bonchev–Trinajstić information content (AvgIpc) is 3.02. The fourth-order valence-corrected chi connectivity index (χ4v) is 3.85. The Balaban J connectivity index is 1.61. The van der Waals surface area contributed by atoms with Crippen LogP contribution in [0.15, 0.2) is 29.8 Å². The van der Waals surface area contributed by atoms with Crippen LogP contribution in [-0.2, 0) is 11.2 Å². The largest absolute Gasteiger partial charge is 0.342 e. The Morgan fingerprint density at radius 1 is 1.48 bits per heavy atom. The van der Waals surface area contributed by atoms with Gasteiger partial charge in [0.25, 0.3) is 5.91 Å². The summed E-state index contributed by atoms with van der Waals surface area (Å²) < 4.78 is 0. The van der Waals surface area contributed by atoms with E-state index >= 15 is 0 Å². The van der Waals surface area contributed by atoms with E-state index in [4.69, 9.17) is 11.6 Å². The number of nitrogens with zero attached hydrogens (tertiary/aromatic N) is 2. The van der Waals surface area contributed by atoms with Crippen LogP contribution in [0.3, 0.4) is 0 Å². The van der Waals surface area contributed by atoms with Gasteiger partial charge in [-0.25, -0.2) is 0 Å². The second kappa shape index (κ2) is 6.68. The third-order valence-electron chi connectivity index (χ3n) is 3.95. The number of carbonyl (C=O) groups is 2. The molecule has 0 aromatic carbocycles. The number of aromatic nitrogens is 1. The molecule has 2 amide bonds. The van der Waals surface area contributed by atoms with E-state index < -0.39 is 5.91 Å². The molecular weight excluding hydrogens is 334 g/mol. The number of halogens is 1. The van der Waals surface area contributed by atoms with E-state index in [1.165, 1.54) is 22.7 Å². The molecule has 0 aliphatic carbocycles. The van der Waals surface area contributed by atoms with E-state index in [1.54, 1.807) is 22.3 Å². The van der Waals surface area contributed by atoms with Crippen molar-refractivity contribution >= 4 is 34.8 Å². The van der Waals surface area contributed by atoms with Gasteiger partial charge in [-0.1, -0.05) is 11.6 Å². The average molecular weight is 350 g/mol. The van der Waals surface area contributed by atoms with Crippen LogP contribution in [0.2, 0.25) is 5.02 Å². The lowest BCUT2D eigenvalue weighted by molar-refractivity contribution is -0.132. The zero-order chi connectivity index (χ0) is 16.4. The van der Waals surface area contributed by atoms with E-state index in [9.17, 15) is 9.59 Å². The van der Waals surface area contributed by atoms with Crippen molar-refractivity contribution < 1.29 is 9.59 Å². The lowest BCUT2D eigenvalue weighted by Crippen LogP contribution is -2.44. The van der Waals surface area contributed by atoms with Gasteiger partial charge in [-0.2, -0.15) is 0 Å². The first kappa shape index (κ1) is 16.0. The Morgan fingerprint density at radius 2 is 2.30 bits per heavy atom. The molecule has 5 nitrogen and oxygen atoms in total. The molecule has 1 aliphatic rings. The molecular formula is C16H16ClN3O2S. The second-order valence-electron chi connectivity index (χ2n) is 5.35. The minimum Gasteiger partial charge on any atom is -0.342 e. The third kappa shape index (κ3) is 3.38. The number of hydrogen-bond donors (Lipinski definition) is 1. The van der Waals surface area contributed by atoms with Crippen LogP contribution < -0.4 is 5.32 Å². The predicted molar refractivity (Wildman–Crippen MR) is 89.7 cm³/mol. The molecule has 120 valence electrons. The third-order valence-corrected chi connectivity index (χ3v) is 5.18. The summed E-state index contributed by atoms with van der Waals surface area (Å²) in [5, 5.41) is 5.11. The number of fused-ring (bicyclic) bond motifs is 1. The second-order valence-corrected chi connectivity index (χ2v) is 6.79. The molecule has 0 saturated carbocycles. The van der Waals surface area contributed by atoms with Gasteiger partial charge in [-0.3, -0.25) is 14.6 Å². The van der Waals surface area contributed by atoms with E-state index in [0.717, 1.165) is 6.42 Å². The van der Waals surface area contributed by atoms with Crippen molar-refractivity contribution in [3.8, 4) is 0 Å². The van der Waals surface area contributed by atoms with Gasteiger partial charge >= 0.3 is 0 Å². The lowest BCUT2D eigenvalue weighted by Gasteiger charge is -2.33. The summed E-state index contributed by atoms with van der Waals surface area (Å²) in [6, 6.07) is 5.18. The molecule has 7 heteroatoms. The van der Waals surface area contributed by atoms with Crippen molar-refractivity contribution in [3.63, 3.8) is 0 Å². The molecule has 2 aromatic rings. The van der Waals surface area contributed by atoms with Gasteiger partial charge in [0.1, 0.15) is 5.69 Å². The topological polar surface area (TPSA) is 62.3 Å². The number of pyridine rings is 1. The summed E-state index contributed by atoms with van der Waals surface area (Å²) in [5.41, 5.74) is 1.41. The van der Waals surface area contributed by atoms with Crippen LogP contribution in [0, 0.1) is 0 Å². The molecule has 3 rings (SSSR count). The standard InChI is InChI=1S/C16H16ClN3O2S/c1-10-12-4-7-23-14(12)3-6-20(10)15(21)9-19-16(22)13-8-11(17)2-5-18-13/h2,4-5,7-8,10H,3,6,9H2,1H3,(H,19,22)/t10-/m1/s1. The van der Waals surface area contributed by atoms with Gasteiger partial charge in [-0.15, -0.1) is 11.3 Å². The minimum absolute atomic E-state index is 0.0405. The van der Waals surface area contributed by atoms with Crippen LogP contribution in [0.4, 0.5) is 0 Å². The molecule has 23 heavy (non-hydrogen) atoms. The van der Waals surface area contributed by atoms with Crippen LogP contribution in [0.25, 0.3) is 0 Å².